The van der Waals surface area contributed by atoms with Crippen LogP contribution < -0.4 is 10.1 Å². The molecule has 0 saturated carbocycles. The number of amides is 1. The summed E-state index contributed by atoms with van der Waals surface area (Å²) in [7, 11) is 0. The molecule has 27 heavy (non-hydrogen) atoms. The number of benzene rings is 2. The summed E-state index contributed by atoms with van der Waals surface area (Å²) in [6.45, 7) is 4.69. The minimum absolute atomic E-state index is 0.0328. The summed E-state index contributed by atoms with van der Waals surface area (Å²) in [6, 6.07) is 10.9. The number of hydrogen-bond acceptors (Lipinski definition) is 4. The van der Waals surface area contributed by atoms with Crippen molar-refractivity contribution < 1.29 is 19.1 Å². The van der Waals surface area contributed by atoms with E-state index in [1.165, 1.54) is 6.92 Å². The Morgan fingerprint density at radius 3 is 2.59 bits per heavy atom. The van der Waals surface area contributed by atoms with Gasteiger partial charge >= 0.3 is 0 Å². The highest BCUT2D eigenvalue weighted by Gasteiger charge is 2.22. The Morgan fingerprint density at radius 2 is 2.00 bits per heavy atom. The molecule has 3 rings (SSSR count). The molecule has 0 bridgehead atoms. The van der Waals surface area contributed by atoms with Gasteiger partial charge in [0.1, 0.15) is 11.9 Å². The average molecular weight is 432 g/mol. The first-order valence-electron chi connectivity index (χ1n) is 8.97. The number of halogens is 1. The van der Waals surface area contributed by atoms with E-state index in [1.54, 1.807) is 12.1 Å². The fraction of sp³-hybridized carbons (Fsp3) is 0.333. The van der Waals surface area contributed by atoms with Crippen LogP contribution in [0.1, 0.15) is 41.8 Å². The molecule has 0 aliphatic carbocycles. The lowest BCUT2D eigenvalue weighted by molar-refractivity contribution is -0.114. The maximum atomic E-state index is 13.0. The van der Waals surface area contributed by atoms with E-state index < -0.39 is 0 Å². The standard InChI is InChI=1S/C21H22BrNO4/c1-3-14-4-6-15(7-5-14)21(25)17-10-18(22)20(11-19(17)23-13(2)24)27-16-8-9-26-12-16/h4-7,10-11,16H,3,8-9,12H2,1-2H3,(H,23,24). The molecule has 1 N–H and O–H groups in total. The predicted octanol–water partition coefficient (Wildman–Crippen LogP) is 4.37. The molecule has 1 unspecified atom stereocenters. The number of rotatable bonds is 6. The van der Waals surface area contributed by atoms with E-state index in [-0.39, 0.29) is 17.8 Å². The van der Waals surface area contributed by atoms with Crippen LogP contribution in [0.4, 0.5) is 5.69 Å². The van der Waals surface area contributed by atoms with Crippen LogP contribution in [-0.4, -0.2) is 31.0 Å². The fourth-order valence-electron chi connectivity index (χ4n) is 2.96. The second kappa shape index (κ2) is 8.67. The lowest BCUT2D eigenvalue weighted by Gasteiger charge is -2.17. The van der Waals surface area contributed by atoms with Crippen molar-refractivity contribution in [1.82, 2.24) is 0 Å². The summed E-state index contributed by atoms with van der Waals surface area (Å²) < 4.78 is 12.0. The number of ether oxygens (including phenoxy) is 2. The Kier molecular flexibility index (Phi) is 6.29. The van der Waals surface area contributed by atoms with E-state index >= 15 is 0 Å². The molecule has 1 amide bonds. The van der Waals surface area contributed by atoms with Crippen LogP contribution in [0.25, 0.3) is 0 Å². The van der Waals surface area contributed by atoms with E-state index in [2.05, 4.69) is 28.2 Å². The second-order valence-corrected chi connectivity index (χ2v) is 7.35. The van der Waals surface area contributed by atoms with E-state index in [4.69, 9.17) is 9.47 Å². The van der Waals surface area contributed by atoms with Gasteiger partial charge in [-0.1, -0.05) is 31.2 Å². The number of anilines is 1. The SMILES string of the molecule is CCc1ccc(C(=O)c2cc(Br)c(OC3CCOC3)cc2NC(C)=O)cc1. The highest BCUT2D eigenvalue weighted by molar-refractivity contribution is 9.10. The van der Waals surface area contributed by atoms with Crippen molar-refractivity contribution in [2.45, 2.75) is 32.8 Å². The van der Waals surface area contributed by atoms with Gasteiger partial charge in [0.2, 0.25) is 5.91 Å². The molecule has 1 saturated heterocycles. The van der Waals surface area contributed by atoms with Crippen LogP contribution in [0, 0.1) is 0 Å². The second-order valence-electron chi connectivity index (χ2n) is 6.49. The van der Waals surface area contributed by atoms with Gasteiger partial charge in [0.05, 0.1) is 23.4 Å². The van der Waals surface area contributed by atoms with Gasteiger partial charge in [0.15, 0.2) is 5.78 Å². The van der Waals surface area contributed by atoms with Crippen molar-refractivity contribution in [3.63, 3.8) is 0 Å². The number of carbonyl (C=O) groups is 2. The predicted molar refractivity (Wildman–Crippen MR) is 108 cm³/mol. The Balaban J connectivity index is 1.95. The molecule has 0 aromatic heterocycles. The first-order valence-corrected chi connectivity index (χ1v) is 9.76. The first kappa shape index (κ1) is 19.6. The Morgan fingerprint density at radius 1 is 1.26 bits per heavy atom. The summed E-state index contributed by atoms with van der Waals surface area (Å²) in [6.07, 6.45) is 1.69. The summed E-state index contributed by atoms with van der Waals surface area (Å²) in [5.74, 6) is 0.174. The van der Waals surface area contributed by atoms with Crippen molar-refractivity contribution in [3.05, 3.63) is 57.6 Å². The molecule has 6 heteroatoms. The molecule has 2 aromatic carbocycles. The normalized spacial score (nSPS) is 16.2. The molecule has 1 fully saturated rings. The highest BCUT2D eigenvalue weighted by atomic mass is 79.9. The Bertz CT molecular complexity index is 842. The van der Waals surface area contributed by atoms with Gasteiger partial charge in [-0.15, -0.1) is 0 Å². The average Bonchev–Trinajstić information content (AvgIpc) is 3.16. The lowest BCUT2D eigenvalue weighted by Crippen LogP contribution is -2.17. The third-order valence-corrected chi connectivity index (χ3v) is 5.05. The quantitative estimate of drug-likeness (QED) is 0.689. The molecule has 5 nitrogen and oxygen atoms in total. The van der Waals surface area contributed by atoms with Crippen LogP contribution in [0.15, 0.2) is 40.9 Å². The van der Waals surface area contributed by atoms with Crippen molar-refractivity contribution in [1.29, 1.82) is 0 Å². The fourth-order valence-corrected chi connectivity index (χ4v) is 3.39. The third-order valence-electron chi connectivity index (χ3n) is 4.43. The molecule has 1 aliphatic heterocycles. The maximum absolute atomic E-state index is 13.0. The molecule has 142 valence electrons. The highest BCUT2D eigenvalue weighted by Crippen LogP contribution is 2.34. The summed E-state index contributed by atoms with van der Waals surface area (Å²) in [5.41, 5.74) is 2.58. The summed E-state index contributed by atoms with van der Waals surface area (Å²) in [5, 5.41) is 2.75. The van der Waals surface area contributed by atoms with Gasteiger partial charge in [-0.3, -0.25) is 9.59 Å². The maximum Gasteiger partial charge on any atom is 0.221 e. The molecule has 1 aliphatic rings. The Labute approximate surface area is 167 Å². The van der Waals surface area contributed by atoms with Gasteiger partial charge in [0, 0.05) is 30.5 Å². The number of nitrogens with one attached hydrogen (secondary N) is 1. The largest absolute Gasteiger partial charge is 0.487 e. The summed E-state index contributed by atoms with van der Waals surface area (Å²) >= 11 is 3.49. The number of hydrogen-bond donors (Lipinski definition) is 1. The molecular weight excluding hydrogens is 410 g/mol. The minimum atomic E-state index is -0.247. The molecule has 1 heterocycles. The zero-order chi connectivity index (χ0) is 19.4. The van der Waals surface area contributed by atoms with Gasteiger partial charge in [-0.05, 0) is 34.0 Å². The third kappa shape index (κ3) is 4.76. The zero-order valence-corrected chi connectivity index (χ0v) is 17.0. The minimum Gasteiger partial charge on any atom is -0.487 e. The molecule has 2 aromatic rings. The van der Waals surface area contributed by atoms with Crippen LogP contribution >= 0.6 is 15.9 Å². The molecule has 0 spiro atoms. The number of carbonyl (C=O) groups excluding carboxylic acids is 2. The number of ketones is 1. The van der Waals surface area contributed by atoms with Crippen molar-refractivity contribution in [2.75, 3.05) is 18.5 Å². The van der Waals surface area contributed by atoms with Crippen molar-refractivity contribution >= 4 is 33.3 Å². The lowest BCUT2D eigenvalue weighted by atomic mass is 9.99. The Hall–Kier alpha value is -2.18. The van der Waals surface area contributed by atoms with E-state index in [1.807, 2.05) is 24.3 Å². The van der Waals surface area contributed by atoms with Crippen molar-refractivity contribution in [3.8, 4) is 5.75 Å². The molecule has 1 atom stereocenters. The van der Waals surface area contributed by atoms with Gasteiger partial charge in [0.25, 0.3) is 0 Å². The van der Waals surface area contributed by atoms with E-state index in [0.717, 1.165) is 18.4 Å². The van der Waals surface area contributed by atoms with Crippen LogP contribution in [0.2, 0.25) is 0 Å². The summed E-state index contributed by atoms with van der Waals surface area (Å²) in [4.78, 5) is 24.7. The van der Waals surface area contributed by atoms with Gasteiger partial charge in [-0.25, -0.2) is 0 Å². The van der Waals surface area contributed by atoms with E-state index in [9.17, 15) is 9.59 Å². The van der Waals surface area contributed by atoms with Crippen LogP contribution in [0.3, 0.4) is 0 Å². The van der Waals surface area contributed by atoms with Gasteiger partial charge in [-0.2, -0.15) is 0 Å². The first-order chi connectivity index (χ1) is 13.0. The van der Waals surface area contributed by atoms with Crippen LogP contribution in [0.5, 0.6) is 5.75 Å². The molecular formula is C21H22BrNO4. The zero-order valence-electron chi connectivity index (χ0n) is 15.4. The number of aryl methyl sites for hydroxylation is 1. The smallest absolute Gasteiger partial charge is 0.221 e. The van der Waals surface area contributed by atoms with Crippen LogP contribution in [-0.2, 0) is 16.0 Å². The van der Waals surface area contributed by atoms with E-state index in [0.29, 0.717) is 40.3 Å². The topological polar surface area (TPSA) is 64.6 Å². The van der Waals surface area contributed by atoms with Crippen molar-refractivity contribution in [2.24, 2.45) is 0 Å². The monoisotopic (exact) mass is 431 g/mol. The van der Waals surface area contributed by atoms with Gasteiger partial charge < -0.3 is 14.8 Å². The molecule has 0 radical (unpaired) electrons.